The maximum Gasteiger partial charge on any atom is 0.163 e. The second kappa shape index (κ2) is 13.0. The third-order valence-electron chi connectivity index (χ3n) is 6.47. The van der Waals surface area contributed by atoms with Crippen molar-refractivity contribution in [2.75, 3.05) is 17.2 Å². The summed E-state index contributed by atoms with van der Waals surface area (Å²) in [4.78, 5) is 9.28. The smallest absolute Gasteiger partial charge is 0.163 e. The van der Waals surface area contributed by atoms with Gasteiger partial charge in [0.25, 0.3) is 0 Å². The molecule has 0 bridgehead atoms. The molecule has 0 spiro atoms. The molecule has 0 saturated carbocycles. The van der Waals surface area contributed by atoms with Crippen LogP contribution >= 0.6 is 0 Å². The van der Waals surface area contributed by atoms with E-state index in [-0.39, 0.29) is 12.6 Å². The lowest BCUT2D eigenvalue weighted by Crippen LogP contribution is -2.24. The number of fused-ring (bicyclic) bond motifs is 1. The van der Waals surface area contributed by atoms with Crippen molar-refractivity contribution in [2.24, 2.45) is 0 Å². The molecule has 0 saturated heterocycles. The van der Waals surface area contributed by atoms with Crippen LogP contribution in [-0.4, -0.2) is 37.3 Å². The van der Waals surface area contributed by atoms with E-state index < -0.39 is 0 Å². The molecule has 1 unspecified atom stereocenters. The molecule has 7 nitrogen and oxygen atoms in total. The maximum atomic E-state index is 10.0. The lowest BCUT2D eigenvalue weighted by Gasteiger charge is -2.18. The van der Waals surface area contributed by atoms with Gasteiger partial charge in [-0.2, -0.15) is 9.61 Å². The van der Waals surface area contributed by atoms with E-state index in [4.69, 9.17) is 4.98 Å². The molecule has 1 aromatic carbocycles. The molecule has 4 rings (SSSR count). The van der Waals surface area contributed by atoms with Gasteiger partial charge in [-0.05, 0) is 42.9 Å². The molecule has 4 aromatic rings. The Kier molecular flexibility index (Phi) is 9.27. The van der Waals surface area contributed by atoms with Crippen molar-refractivity contribution in [1.82, 2.24) is 19.6 Å². The van der Waals surface area contributed by atoms with Crippen molar-refractivity contribution in [3.05, 3.63) is 83.8 Å². The van der Waals surface area contributed by atoms with Crippen molar-refractivity contribution in [2.45, 2.75) is 70.9 Å². The van der Waals surface area contributed by atoms with Crippen LogP contribution in [0.1, 0.15) is 68.7 Å². The van der Waals surface area contributed by atoms with Gasteiger partial charge in [0.05, 0.1) is 18.8 Å². The molecule has 0 aliphatic heterocycles. The number of hydrogen-bond acceptors (Lipinski definition) is 6. The summed E-state index contributed by atoms with van der Waals surface area (Å²) in [5.74, 6) is 1.95. The van der Waals surface area contributed by atoms with E-state index >= 15 is 0 Å². The van der Waals surface area contributed by atoms with Gasteiger partial charge >= 0.3 is 0 Å². The van der Waals surface area contributed by atoms with Crippen LogP contribution in [0, 0.1) is 0 Å². The summed E-state index contributed by atoms with van der Waals surface area (Å²) >= 11 is 0. The lowest BCUT2D eigenvalue weighted by atomic mass is 10.1. The van der Waals surface area contributed by atoms with Crippen LogP contribution in [0.4, 0.5) is 11.6 Å². The van der Waals surface area contributed by atoms with Gasteiger partial charge < -0.3 is 15.7 Å². The first kappa shape index (κ1) is 25.6. The molecule has 0 fully saturated rings. The fraction of sp³-hybridized carbons (Fsp3) is 0.414. The third kappa shape index (κ3) is 7.04. The van der Waals surface area contributed by atoms with Gasteiger partial charge in [0, 0.05) is 30.1 Å². The number of aliphatic hydroxyl groups is 1. The zero-order valence-electron chi connectivity index (χ0n) is 21.4. The molecule has 0 aliphatic carbocycles. The molecule has 7 heteroatoms. The number of unbranched alkanes of at least 4 members (excludes halogenated alkanes) is 3. The largest absolute Gasteiger partial charge is 0.394 e. The fourth-order valence-corrected chi connectivity index (χ4v) is 4.39. The van der Waals surface area contributed by atoms with E-state index in [9.17, 15) is 5.11 Å². The third-order valence-corrected chi connectivity index (χ3v) is 6.47. The van der Waals surface area contributed by atoms with Gasteiger partial charge in [-0.15, -0.1) is 0 Å². The Morgan fingerprint density at radius 3 is 2.53 bits per heavy atom. The van der Waals surface area contributed by atoms with E-state index in [2.05, 4.69) is 52.8 Å². The highest BCUT2D eigenvalue weighted by molar-refractivity contribution is 5.61. The van der Waals surface area contributed by atoms with Crippen LogP contribution in [-0.2, 0) is 13.0 Å². The number of aryl methyl sites for hydroxylation is 1. The van der Waals surface area contributed by atoms with Crippen LogP contribution in [0.2, 0.25) is 0 Å². The van der Waals surface area contributed by atoms with E-state index in [1.165, 1.54) is 12.0 Å². The Hall–Kier alpha value is -3.45. The Morgan fingerprint density at radius 1 is 0.972 bits per heavy atom. The van der Waals surface area contributed by atoms with Crippen molar-refractivity contribution in [1.29, 1.82) is 0 Å². The molecular formula is C29H38N6O. The molecule has 3 heterocycles. The van der Waals surface area contributed by atoms with E-state index in [1.807, 2.05) is 53.3 Å². The number of benzene rings is 1. The first-order chi connectivity index (χ1) is 17.6. The zero-order valence-corrected chi connectivity index (χ0v) is 21.4. The van der Waals surface area contributed by atoms with Gasteiger partial charge in [-0.25, -0.2) is 4.98 Å². The Bertz CT molecular complexity index is 1190. The standard InChI is InChI=1S/C29H38N6O/c1-22(2)26-20-32-35-28(31-19-23-12-6-5-7-13-23)18-27(34-29(26)35)33-25(21-36)16-9-4-3-8-14-24-15-10-11-17-30-24/h5-7,10-13,15,17-18,20,22,25,31,36H,3-4,8-9,14,16,19,21H2,1-2H3,(H,33,34). The molecule has 0 radical (unpaired) electrons. The molecule has 1 atom stereocenters. The van der Waals surface area contributed by atoms with E-state index in [1.54, 1.807) is 0 Å². The van der Waals surface area contributed by atoms with Gasteiger partial charge in [0.1, 0.15) is 11.6 Å². The normalized spacial score (nSPS) is 12.2. The Labute approximate surface area is 214 Å². The second-order valence-corrected chi connectivity index (χ2v) is 9.65. The molecule has 0 aliphatic rings. The monoisotopic (exact) mass is 486 g/mol. The summed E-state index contributed by atoms with van der Waals surface area (Å²) in [5, 5.41) is 21.6. The minimum atomic E-state index is -0.0388. The second-order valence-electron chi connectivity index (χ2n) is 9.65. The van der Waals surface area contributed by atoms with Crippen LogP contribution < -0.4 is 10.6 Å². The topological polar surface area (TPSA) is 87.4 Å². The van der Waals surface area contributed by atoms with Crippen molar-refractivity contribution >= 4 is 17.3 Å². The summed E-state index contributed by atoms with van der Waals surface area (Å²) in [7, 11) is 0. The average Bonchev–Trinajstić information content (AvgIpc) is 3.34. The molecule has 36 heavy (non-hydrogen) atoms. The van der Waals surface area contributed by atoms with Gasteiger partial charge in [-0.1, -0.05) is 69.5 Å². The number of anilines is 2. The number of hydrogen-bond donors (Lipinski definition) is 3. The summed E-state index contributed by atoms with van der Waals surface area (Å²) in [6.45, 7) is 5.07. The van der Waals surface area contributed by atoms with Gasteiger partial charge in [0.2, 0.25) is 0 Å². The van der Waals surface area contributed by atoms with Crippen molar-refractivity contribution < 1.29 is 5.11 Å². The minimum Gasteiger partial charge on any atom is -0.394 e. The number of rotatable bonds is 14. The van der Waals surface area contributed by atoms with E-state index in [0.717, 1.165) is 60.6 Å². The van der Waals surface area contributed by atoms with Gasteiger partial charge in [-0.3, -0.25) is 4.98 Å². The SMILES string of the molecule is CC(C)c1cnn2c(NCc3ccccc3)cc(NC(CO)CCCCCCc3ccccn3)nc12. The molecule has 3 N–H and O–H groups in total. The number of aliphatic hydroxyl groups excluding tert-OH is 1. The molecule has 0 amide bonds. The number of pyridine rings is 1. The van der Waals surface area contributed by atoms with Crippen LogP contribution in [0.5, 0.6) is 0 Å². The van der Waals surface area contributed by atoms with Crippen LogP contribution in [0.25, 0.3) is 5.65 Å². The highest BCUT2D eigenvalue weighted by Gasteiger charge is 2.16. The molecule has 3 aromatic heterocycles. The lowest BCUT2D eigenvalue weighted by molar-refractivity contribution is 0.266. The Balaban J connectivity index is 1.37. The number of nitrogens with one attached hydrogen (secondary N) is 2. The predicted octanol–water partition coefficient (Wildman–Crippen LogP) is 5.83. The highest BCUT2D eigenvalue weighted by Crippen LogP contribution is 2.25. The quantitative estimate of drug-likeness (QED) is 0.195. The first-order valence-corrected chi connectivity index (χ1v) is 13.1. The average molecular weight is 487 g/mol. The summed E-state index contributed by atoms with van der Waals surface area (Å²) in [6, 6.07) is 18.3. The van der Waals surface area contributed by atoms with E-state index in [0.29, 0.717) is 12.5 Å². The summed E-state index contributed by atoms with van der Waals surface area (Å²) in [6.07, 6.45) is 10.2. The maximum absolute atomic E-state index is 10.0. The molecular weight excluding hydrogens is 448 g/mol. The highest BCUT2D eigenvalue weighted by atomic mass is 16.3. The summed E-state index contributed by atoms with van der Waals surface area (Å²) < 4.78 is 1.87. The van der Waals surface area contributed by atoms with Crippen molar-refractivity contribution in [3.8, 4) is 0 Å². The van der Waals surface area contributed by atoms with Crippen LogP contribution in [0.3, 0.4) is 0 Å². The van der Waals surface area contributed by atoms with Gasteiger partial charge in [0.15, 0.2) is 5.65 Å². The molecule has 190 valence electrons. The summed E-state index contributed by atoms with van der Waals surface area (Å²) in [5.41, 5.74) is 4.31. The van der Waals surface area contributed by atoms with Crippen LogP contribution in [0.15, 0.2) is 67.0 Å². The minimum absolute atomic E-state index is 0.0388. The predicted molar refractivity (Wildman–Crippen MR) is 146 cm³/mol. The Morgan fingerprint density at radius 2 is 1.78 bits per heavy atom. The number of nitrogens with zero attached hydrogens (tertiary/aromatic N) is 4. The number of aromatic nitrogens is 4. The first-order valence-electron chi connectivity index (χ1n) is 13.1. The zero-order chi connectivity index (χ0) is 25.2. The van der Waals surface area contributed by atoms with Crippen molar-refractivity contribution in [3.63, 3.8) is 0 Å². The fourth-order valence-electron chi connectivity index (χ4n) is 4.39.